The first-order chi connectivity index (χ1) is 14.5. The van der Waals surface area contributed by atoms with E-state index in [1.54, 1.807) is 43.3 Å². The Labute approximate surface area is 171 Å². The monoisotopic (exact) mass is 406 g/mol. The third kappa shape index (κ3) is 3.60. The van der Waals surface area contributed by atoms with Crippen LogP contribution in [0.15, 0.2) is 51.6 Å². The van der Waals surface area contributed by atoms with Crippen molar-refractivity contribution < 1.29 is 23.3 Å². The molecule has 0 saturated carbocycles. The highest BCUT2D eigenvalue weighted by Gasteiger charge is 2.21. The number of amides is 2. The fraction of sp³-hybridized carbons (Fsp3) is 0.143. The average molecular weight is 406 g/mol. The van der Waals surface area contributed by atoms with Crippen molar-refractivity contribution in [3.05, 3.63) is 53.9 Å². The van der Waals surface area contributed by atoms with Crippen LogP contribution >= 0.6 is 0 Å². The molecular formula is C21H18N4O5. The van der Waals surface area contributed by atoms with Crippen LogP contribution in [0.1, 0.15) is 23.0 Å². The molecule has 9 heteroatoms. The van der Waals surface area contributed by atoms with E-state index in [0.717, 1.165) is 0 Å². The Bertz CT molecular complexity index is 1240. The van der Waals surface area contributed by atoms with Crippen molar-refractivity contribution in [2.45, 2.75) is 13.8 Å². The Kier molecular flexibility index (Phi) is 4.93. The van der Waals surface area contributed by atoms with Gasteiger partial charge in [0.05, 0.1) is 35.7 Å². The first kappa shape index (κ1) is 19.2. The van der Waals surface area contributed by atoms with Crippen LogP contribution in [-0.2, 0) is 4.79 Å². The van der Waals surface area contributed by atoms with Gasteiger partial charge in [0.25, 0.3) is 11.6 Å². The second kappa shape index (κ2) is 7.70. The zero-order chi connectivity index (χ0) is 21.3. The predicted octanol–water partition coefficient (Wildman–Crippen LogP) is 4.01. The maximum Gasteiger partial charge on any atom is 0.259 e. The van der Waals surface area contributed by atoms with Gasteiger partial charge in [0.1, 0.15) is 11.4 Å². The number of methoxy groups -OCH3 is 1. The molecule has 4 aromatic rings. The minimum Gasteiger partial charge on any atom is -0.495 e. The predicted molar refractivity (Wildman–Crippen MR) is 109 cm³/mol. The van der Waals surface area contributed by atoms with Crippen LogP contribution in [0.5, 0.6) is 5.75 Å². The number of nitrogens with zero attached hydrogens (tertiary/aromatic N) is 2. The summed E-state index contributed by atoms with van der Waals surface area (Å²) in [5.41, 5.74) is 2.44. The van der Waals surface area contributed by atoms with E-state index in [-0.39, 0.29) is 11.6 Å². The number of carbonyl (C=O) groups excluding carboxylic acids is 2. The number of aromatic nitrogens is 2. The van der Waals surface area contributed by atoms with Crippen molar-refractivity contribution >= 4 is 34.3 Å². The lowest BCUT2D eigenvalue weighted by Crippen LogP contribution is -2.14. The first-order valence-electron chi connectivity index (χ1n) is 9.04. The molecule has 152 valence electrons. The van der Waals surface area contributed by atoms with Crippen molar-refractivity contribution in [3.8, 4) is 17.2 Å². The molecule has 0 fully saturated rings. The van der Waals surface area contributed by atoms with Crippen LogP contribution in [0.3, 0.4) is 0 Å². The molecule has 3 aromatic heterocycles. The van der Waals surface area contributed by atoms with Gasteiger partial charge in [-0.1, -0.05) is 5.16 Å². The number of furan rings is 1. The summed E-state index contributed by atoms with van der Waals surface area (Å²) in [5, 5.41) is 9.94. The molecule has 0 aliphatic heterocycles. The molecule has 0 unspecified atom stereocenters. The number of benzene rings is 1. The van der Waals surface area contributed by atoms with Gasteiger partial charge < -0.3 is 24.3 Å². The topological polar surface area (TPSA) is 119 Å². The summed E-state index contributed by atoms with van der Waals surface area (Å²) in [7, 11) is 1.49. The standard InChI is InChI=1S/C21H18N4O5/c1-11-19-14(10-16(18-5-4-8-29-18)24-21(19)30-25-11)20(27)23-15-9-13(22-12(2)26)6-7-17(15)28-3/h4-10H,1-3H3,(H,22,26)(H,23,27). The van der Waals surface area contributed by atoms with Crippen LogP contribution in [0.25, 0.3) is 22.6 Å². The van der Waals surface area contributed by atoms with E-state index in [0.29, 0.717) is 45.2 Å². The molecule has 9 nitrogen and oxygen atoms in total. The summed E-state index contributed by atoms with van der Waals surface area (Å²) in [5.74, 6) is 0.289. The van der Waals surface area contributed by atoms with Crippen molar-refractivity contribution in [2.75, 3.05) is 17.7 Å². The Balaban J connectivity index is 1.77. The Morgan fingerprint density at radius 3 is 2.67 bits per heavy atom. The van der Waals surface area contributed by atoms with Gasteiger partial charge in [0, 0.05) is 12.6 Å². The summed E-state index contributed by atoms with van der Waals surface area (Å²) in [4.78, 5) is 29.0. The summed E-state index contributed by atoms with van der Waals surface area (Å²) in [6.07, 6.45) is 1.52. The molecule has 0 atom stereocenters. The third-order valence-electron chi connectivity index (χ3n) is 4.40. The number of pyridine rings is 1. The SMILES string of the molecule is COc1ccc(NC(C)=O)cc1NC(=O)c1cc(-c2ccco2)nc2onc(C)c12. The molecule has 0 bridgehead atoms. The molecule has 2 N–H and O–H groups in total. The van der Waals surface area contributed by atoms with Gasteiger partial charge in [-0.2, -0.15) is 0 Å². The molecule has 4 rings (SSSR count). The smallest absolute Gasteiger partial charge is 0.259 e. The molecule has 0 aliphatic rings. The van der Waals surface area contributed by atoms with E-state index in [1.165, 1.54) is 20.3 Å². The van der Waals surface area contributed by atoms with Gasteiger partial charge in [-0.05, 0) is 43.3 Å². The van der Waals surface area contributed by atoms with E-state index < -0.39 is 5.91 Å². The van der Waals surface area contributed by atoms with Crippen molar-refractivity contribution in [3.63, 3.8) is 0 Å². The fourth-order valence-corrected chi connectivity index (χ4v) is 3.10. The van der Waals surface area contributed by atoms with Crippen molar-refractivity contribution in [2.24, 2.45) is 0 Å². The number of ether oxygens (including phenoxy) is 1. The molecule has 0 saturated heterocycles. The number of nitrogens with one attached hydrogen (secondary N) is 2. The number of fused-ring (bicyclic) bond motifs is 1. The highest BCUT2D eigenvalue weighted by molar-refractivity contribution is 6.13. The van der Waals surface area contributed by atoms with Gasteiger partial charge in [-0.3, -0.25) is 9.59 Å². The van der Waals surface area contributed by atoms with Gasteiger partial charge in [-0.25, -0.2) is 4.98 Å². The Morgan fingerprint density at radius 1 is 1.13 bits per heavy atom. The lowest BCUT2D eigenvalue weighted by atomic mass is 10.1. The average Bonchev–Trinajstić information content (AvgIpc) is 3.37. The lowest BCUT2D eigenvalue weighted by Gasteiger charge is -2.13. The maximum absolute atomic E-state index is 13.2. The summed E-state index contributed by atoms with van der Waals surface area (Å²) >= 11 is 0. The first-order valence-corrected chi connectivity index (χ1v) is 9.04. The summed E-state index contributed by atoms with van der Waals surface area (Å²) < 4.78 is 16.0. The second-order valence-corrected chi connectivity index (χ2v) is 6.53. The molecule has 2 amide bonds. The number of hydrogen-bond donors (Lipinski definition) is 2. The molecule has 0 radical (unpaired) electrons. The molecule has 30 heavy (non-hydrogen) atoms. The second-order valence-electron chi connectivity index (χ2n) is 6.53. The van der Waals surface area contributed by atoms with Crippen molar-refractivity contribution in [1.82, 2.24) is 10.1 Å². The lowest BCUT2D eigenvalue weighted by molar-refractivity contribution is -0.114. The minimum absolute atomic E-state index is 0.225. The molecule has 0 aliphatic carbocycles. The van der Waals surface area contributed by atoms with Crippen LogP contribution in [0.4, 0.5) is 11.4 Å². The minimum atomic E-state index is -0.417. The highest BCUT2D eigenvalue weighted by atomic mass is 16.5. The van der Waals surface area contributed by atoms with E-state index in [2.05, 4.69) is 20.8 Å². The Hall–Kier alpha value is -4.14. The fourth-order valence-electron chi connectivity index (χ4n) is 3.10. The zero-order valence-corrected chi connectivity index (χ0v) is 16.5. The third-order valence-corrected chi connectivity index (χ3v) is 4.40. The molecule has 0 spiro atoms. The van der Waals surface area contributed by atoms with Crippen LogP contribution in [-0.4, -0.2) is 29.1 Å². The summed E-state index contributed by atoms with van der Waals surface area (Å²) in [6.45, 7) is 3.13. The van der Waals surface area contributed by atoms with E-state index >= 15 is 0 Å². The number of rotatable bonds is 5. The normalized spacial score (nSPS) is 10.8. The maximum atomic E-state index is 13.2. The number of anilines is 2. The number of hydrogen-bond acceptors (Lipinski definition) is 7. The molecular weight excluding hydrogens is 388 g/mol. The molecule has 3 heterocycles. The number of aryl methyl sites for hydroxylation is 1. The molecule has 1 aromatic carbocycles. The summed E-state index contributed by atoms with van der Waals surface area (Å²) in [6, 6.07) is 10.0. The van der Waals surface area contributed by atoms with Crippen LogP contribution < -0.4 is 15.4 Å². The van der Waals surface area contributed by atoms with E-state index in [1.807, 2.05) is 0 Å². The van der Waals surface area contributed by atoms with Gasteiger partial charge in [0.2, 0.25) is 5.91 Å². The quantitative estimate of drug-likeness (QED) is 0.514. The Morgan fingerprint density at radius 2 is 1.97 bits per heavy atom. The van der Waals surface area contributed by atoms with Gasteiger partial charge in [0.15, 0.2) is 5.76 Å². The van der Waals surface area contributed by atoms with Gasteiger partial charge >= 0.3 is 0 Å². The van der Waals surface area contributed by atoms with Crippen LogP contribution in [0, 0.1) is 6.92 Å². The largest absolute Gasteiger partial charge is 0.495 e. The number of carbonyl (C=O) groups is 2. The highest BCUT2D eigenvalue weighted by Crippen LogP contribution is 2.31. The van der Waals surface area contributed by atoms with Gasteiger partial charge in [-0.15, -0.1) is 0 Å². The van der Waals surface area contributed by atoms with Crippen molar-refractivity contribution in [1.29, 1.82) is 0 Å². The van der Waals surface area contributed by atoms with E-state index in [9.17, 15) is 9.59 Å². The zero-order valence-electron chi connectivity index (χ0n) is 16.5. The van der Waals surface area contributed by atoms with Crippen LogP contribution in [0.2, 0.25) is 0 Å². The van der Waals surface area contributed by atoms with E-state index in [4.69, 9.17) is 13.7 Å².